The number of sulfonamides is 1. The molecule has 0 bridgehead atoms. The van der Waals surface area contributed by atoms with E-state index in [2.05, 4.69) is 9.88 Å². The maximum Gasteiger partial charge on any atom is 0.244 e. The minimum Gasteiger partial charge on any atom is -0.375 e. The van der Waals surface area contributed by atoms with Gasteiger partial charge in [0, 0.05) is 5.56 Å². The molecule has 0 amide bonds. The fraction of sp³-hybridized carbons (Fsp3) is 0.278. The normalized spacial score (nSPS) is 20.5. The Balaban J connectivity index is 1.96. The topological polar surface area (TPSA) is 67.8 Å². The third kappa shape index (κ3) is 3.20. The van der Waals surface area contributed by atoms with Crippen molar-refractivity contribution in [3.05, 3.63) is 54.1 Å². The zero-order chi connectivity index (χ0) is 17.3. The van der Waals surface area contributed by atoms with Gasteiger partial charge in [-0.3, -0.25) is 0 Å². The summed E-state index contributed by atoms with van der Waals surface area (Å²) in [5.41, 5.74) is 3.41. The van der Waals surface area contributed by atoms with Crippen molar-refractivity contribution in [2.75, 3.05) is 0 Å². The molecule has 0 saturated carbocycles. The van der Waals surface area contributed by atoms with Crippen molar-refractivity contribution < 1.29 is 13.3 Å². The van der Waals surface area contributed by atoms with Crippen molar-refractivity contribution in [3.8, 4) is 11.1 Å². The van der Waals surface area contributed by atoms with E-state index in [1.54, 1.807) is 18.2 Å². The van der Waals surface area contributed by atoms with Crippen LogP contribution in [0, 0.1) is 12.8 Å². The van der Waals surface area contributed by atoms with E-state index < -0.39 is 16.3 Å². The van der Waals surface area contributed by atoms with Gasteiger partial charge in [-0.25, -0.2) is 8.42 Å². The van der Waals surface area contributed by atoms with E-state index >= 15 is 0 Å². The molecule has 0 fully saturated rings. The molecule has 1 aliphatic rings. The Morgan fingerprint density at radius 3 is 2.33 bits per heavy atom. The predicted octanol–water partition coefficient (Wildman–Crippen LogP) is 3.31. The van der Waals surface area contributed by atoms with Gasteiger partial charge in [0.05, 0.1) is 16.5 Å². The first-order valence-corrected chi connectivity index (χ1v) is 9.25. The van der Waals surface area contributed by atoms with Gasteiger partial charge in [-0.2, -0.15) is 4.72 Å². The van der Waals surface area contributed by atoms with Gasteiger partial charge in [-0.05, 0) is 25.5 Å². The van der Waals surface area contributed by atoms with E-state index in [-0.39, 0.29) is 10.8 Å². The molecule has 0 saturated heterocycles. The van der Waals surface area contributed by atoms with Crippen molar-refractivity contribution >= 4 is 15.7 Å². The zero-order valence-corrected chi connectivity index (χ0v) is 14.7. The minimum atomic E-state index is -3.74. The lowest BCUT2D eigenvalue weighted by atomic mass is 10.0. The van der Waals surface area contributed by atoms with Crippen LogP contribution in [0.4, 0.5) is 0 Å². The molecule has 0 spiro atoms. The summed E-state index contributed by atoms with van der Waals surface area (Å²) >= 11 is 0. The molecular formula is C18H20N2O3S. The maximum absolute atomic E-state index is 12.9. The molecular weight excluding hydrogens is 324 g/mol. The number of hydrogen-bond acceptors (Lipinski definition) is 4. The van der Waals surface area contributed by atoms with E-state index in [1.165, 1.54) is 0 Å². The van der Waals surface area contributed by atoms with Gasteiger partial charge in [-0.1, -0.05) is 60.1 Å². The first-order valence-electron chi connectivity index (χ1n) is 7.77. The molecule has 2 aromatic rings. The third-order valence-electron chi connectivity index (χ3n) is 4.23. The van der Waals surface area contributed by atoms with Crippen LogP contribution in [0.2, 0.25) is 0 Å². The minimum absolute atomic E-state index is 0.105. The molecule has 0 aromatic heterocycles. The van der Waals surface area contributed by atoms with Crippen LogP contribution in [0.1, 0.15) is 19.4 Å². The Labute approximate surface area is 142 Å². The van der Waals surface area contributed by atoms with Crippen LogP contribution in [-0.2, 0) is 14.9 Å². The second-order valence-electron chi connectivity index (χ2n) is 6.03. The first-order chi connectivity index (χ1) is 11.4. The van der Waals surface area contributed by atoms with E-state index in [4.69, 9.17) is 4.84 Å². The lowest BCUT2D eigenvalue weighted by molar-refractivity contribution is 0.0576. The third-order valence-corrected chi connectivity index (χ3v) is 5.71. The molecule has 3 rings (SSSR count). The highest BCUT2D eigenvalue weighted by Crippen LogP contribution is 2.28. The SMILES string of the molecule is CC1=NOC(NS(=O)(=O)c2ccccc2-c2ccc(C)cc2)C1C. The molecule has 1 heterocycles. The van der Waals surface area contributed by atoms with Gasteiger partial charge in [0.1, 0.15) is 0 Å². The Hall–Kier alpha value is -2.18. The quantitative estimate of drug-likeness (QED) is 0.925. The number of aryl methyl sites for hydroxylation is 1. The summed E-state index contributed by atoms with van der Waals surface area (Å²) in [6.07, 6.45) is -0.680. The van der Waals surface area contributed by atoms with Crippen LogP contribution in [0.25, 0.3) is 11.1 Å². The average Bonchev–Trinajstić information content (AvgIpc) is 2.87. The van der Waals surface area contributed by atoms with Crippen molar-refractivity contribution in [3.63, 3.8) is 0 Å². The number of hydrogen-bond donors (Lipinski definition) is 1. The van der Waals surface area contributed by atoms with Crippen molar-refractivity contribution in [1.29, 1.82) is 0 Å². The van der Waals surface area contributed by atoms with Crippen LogP contribution in [-0.4, -0.2) is 20.4 Å². The smallest absolute Gasteiger partial charge is 0.244 e. The molecule has 0 radical (unpaired) electrons. The van der Waals surface area contributed by atoms with Crippen molar-refractivity contribution in [2.24, 2.45) is 11.1 Å². The summed E-state index contributed by atoms with van der Waals surface area (Å²) in [6.45, 7) is 5.69. The van der Waals surface area contributed by atoms with Crippen molar-refractivity contribution in [2.45, 2.75) is 31.9 Å². The Kier molecular flexibility index (Phi) is 4.43. The Morgan fingerprint density at radius 1 is 1.04 bits per heavy atom. The fourth-order valence-electron chi connectivity index (χ4n) is 2.55. The van der Waals surface area contributed by atoms with Crippen LogP contribution in [0.5, 0.6) is 0 Å². The predicted molar refractivity (Wildman–Crippen MR) is 94.1 cm³/mol. The molecule has 0 aliphatic carbocycles. The fourth-order valence-corrected chi connectivity index (χ4v) is 3.96. The lowest BCUT2D eigenvalue weighted by Crippen LogP contribution is -2.39. The highest BCUT2D eigenvalue weighted by Gasteiger charge is 2.32. The molecule has 2 aromatic carbocycles. The highest BCUT2D eigenvalue weighted by atomic mass is 32.2. The van der Waals surface area contributed by atoms with E-state index in [0.717, 1.165) is 16.8 Å². The highest BCUT2D eigenvalue weighted by molar-refractivity contribution is 7.89. The van der Waals surface area contributed by atoms with Crippen LogP contribution in [0.15, 0.2) is 58.6 Å². The van der Waals surface area contributed by atoms with Crippen LogP contribution >= 0.6 is 0 Å². The molecule has 126 valence electrons. The van der Waals surface area contributed by atoms with E-state index in [1.807, 2.05) is 51.1 Å². The second kappa shape index (κ2) is 6.37. The number of nitrogens with one attached hydrogen (secondary N) is 1. The molecule has 24 heavy (non-hydrogen) atoms. The molecule has 2 atom stereocenters. The summed E-state index contributed by atoms with van der Waals surface area (Å²) in [7, 11) is -3.74. The van der Waals surface area contributed by atoms with Gasteiger partial charge in [-0.15, -0.1) is 0 Å². The molecule has 1 aliphatic heterocycles. The largest absolute Gasteiger partial charge is 0.375 e. The Bertz CT molecular complexity index is 873. The van der Waals surface area contributed by atoms with Gasteiger partial charge in [0.25, 0.3) is 0 Å². The first kappa shape index (κ1) is 16.7. The summed E-state index contributed by atoms with van der Waals surface area (Å²) in [5.74, 6) is -0.105. The number of rotatable bonds is 4. The lowest BCUT2D eigenvalue weighted by Gasteiger charge is -2.17. The standard InChI is InChI=1S/C18H20N2O3S/c1-12-8-10-15(11-9-12)16-6-4-5-7-17(16)24(21,22)20-18-13(2)14(3)19-23-18/h4-11,13,18,20H,1-3H3. The van der Waals surface area contributed by atoms with Gasteiger partial charge in [0.2, 0.25) is 10.0 Å². The second-order valence-corrected chi connectivity index (χ2v) is 7.71. The van der Waals surface area contributed by atoms with Crippen LogP contribution < -0.4 is 4.72 Å². The van der Waals surface area contributed by atoms with E-state index in [0.29, 0.717) is 5.56 Å². The average molecular weight is 344 g/mol. The molecule has 1 N–H and O–H groups in total. The summed E-state index contributed by atoms with van der Waals surface area (Å²) in [5, 5.41) is 3.86. The molecule has 6 heteroatoms. The number of oxime groups is 1. The zero-order valence-electron chi connectivity index (χ0n) is 13.9. The van der Waals surface area contributed by atoms with Gasteiger partial charge in [0.15, 0.2) is 6.23 Å². The summed E-state index contributed by atoms with van der Waals surface area (Å²) in [4.78, 5) is 5.42. The van der Waals surface area contributed by atoms with Crippen molar-refractivity contribution in [1.82, 2.24) is 4.72 Å². The van der Waals surface area contributed by atoms with E-state index in [9.17, 15) is 8.42 Å². The number of nitrogens with zero attached hydrogens (tertiary/aromatic N) is 1. The summed E-state index contributed by atoms with van der Waals surface area (Å²) in [6, 6.07) is 14.7. The molecule has 2 unspecified atom stereocenters. The van der Waals surface area contributed by atoms with Gasteiger partial charge < -0.3 is 4.84 Å². The maximum atomic E-state index is 12.9. The monoisotopic (exact) mass is 344 g/mol. The number of benzene rings is 2. The molecule has 5 nitrogen and oxygen atoms in total. The van der Waals surface area contributed by atoms with Gasteiger partial charge >= 0.3 is 0 Å². The Morgan fingerprint density at radius 2 is 1.71 bits per heavy atom. The summed E-state index contributed by atoms with van der Waals surface area (Å²) < 4.78 is 28.3. The van der Waals surface area contributed by atoms with Crippen LogP contribution in [0.3, 0.4) is 0 Å².